The molecule has 0 radical (unpaired) electrons. The number of imidazole rings is 1. The van der Waals surface area contributed by atoms with Gasteiger partial charge in [0.25, 0.3) is 5.91 Å². The minimum Gasteiger partial charge on any atom is -0.454 e. The Morgan fingerprint density at radius 3 is 2.33 bits per heavy atom. The van der Waals surface area contributed by atoms with E-state index in [2.05, 4.69) is 10.3 Å². The molecule has 3 aromatic rings. The van der Waals surface area contributed by atoms with E-state index < -0.39 is 47.1 Å². The summed E-state index contributed by atoms with van der Waals surface area (Å²) < 4.78 is 70.5. The number of rotatable bonds is 7. The van der Waals surface area contributed by atoms with Crippen molar-refractivity contribution < 1.29 is 35.9 Å². The summed E-state index contributed by atoms with van der Waals surface area (Å²) in [5.74, 6) is -3.07. The molecule has 0 atom stereocenters. The van der Waals surface area contributed by atoms with Crippen LogP contribution in [0.4, 0.5) is 18.9 Å². The Balaban J connectivity index is 1.62. The summed E-state index contributed by atoms with van der Waals surface area (Å²) in [4.78, 5) is 27.7. The van der Waals surface area contributed by atoms with Crippen LogP contribution in [0.15, 0.2) is 53.4 Å². The number of hydrogen-bond acceptors (Lipinski definition) is 6. The van der Waals surface area contributed by atoms with Crippen LogP contribution in [0.5, 0.6) is 0 Å². The van der Waals surface area contributed by atoms with Crippen molar-refractivity contribution in [3.8, 4) is 0 Å². The second-order valence-corrected chi connectivity index (χ2v) is 9.18. The summed E-state index contributed by atoms with van der Waals surface area (Å²) in [6.07, 6.45) is -4.79. The van der Waals surface area contributed by atoms with Crippen LogP contribution in [0, 0.1) is 0 Å². The van der Waals surface area contributed by atoms with Crippen molar-refractivity contribution in [3.63, 3.8) is 0 Å². The average molecular weight is 484 g/mol. The van der Waals surface area contributed by atoms with Crippen molar-refractivity contribution >= 4 is 38.6 Å². The topological polar surface area (TPSA) is 111 Å². The molecule has 1 aromatic heterocycles. The molecule has 0 spiro atoms. The zero-order valence-electron chi connectivity index (χ0n) is 17.5. The van der Waals surface area contributed by atoms with Crippen LogP contribution < -0.4 is 5.32 Å². The fourth-order valence-corrected chi connectivity index (χ4v) is 3.79. The van der Waals surface area contributed by atoms with Crippen molar-refractivity contribution in [3.05, 3.63) is 54.4 Å². The van der Waals surface area contributed by atoms with Crippen LogP contribution in [0.2, 0.25) is 0 Å². The molecule has 0 unspecified atom stereocenters. The molecule has 1 heterocycles. The quantitative estimate of drug-likeness (QED) is 0.516. The van der Waals surface area contributed by atoms with E-state index in [9.17, 15) is 31.2 Å². The zero-order valence-corrected chi connectivity index (χ0v) is 18.3. The highest BCUT2D eigenvalue weighted by atomic mass is 32.2. The summed E-state index contributed by atoms with van der Waals surface area (Å²) in [6, 6.07) is 11.1. The number of nitrogens with zero attached hydrogens (tertiary/aromatic N) is 3. The van der Waals surface area contributed by atoms with Crippen LogP contribution in [0.1, 0.15) is 5.82 Å². The van der Waals surface area contributed by atoms with Gasteiger partial charge in [-0.3, -0.25) is 9.59 Å². The van der Waals surface area contributed by atoms with Crippen molar-refractivity contribution in [2.75, 3.05) is 26.0 Å². The lowest BCUT2D eigenvalue weighted by atomic mass is 10.3. The van der Waals surface area contributed by atoms with E-state index in [0.29, 0.717) is 4.57 Å². The lowest BCUT2D eigenvalue weighted by Gasteiger charge is -2.12. The minimum absolute atomic E-state index is 0.0185. The van der Waals surface area contributed by atoms with Gasteiger partial charge in [0.05, 0.1) is 15.9 Å². The van der Waals surface area contributed by atoms with Gasteiger partial charge in [-0.1, -0.05) is 12.1 Å². The second-order valence-electron chi connectivity index (χ2n) is 7.03. The van der Waals surface area contributed by atoms with Crippen LogP contribution in [0.3, 0.4) is 0 Å². The Morgan fingerprint density at radius 2 is 1.73 bits per heavy atom. The van der Waals surface area contributed by atoms with Gasteiger partial charge in [0, 0.05) is 19.8 Å². The number of hydrogen-bond donors (Lipinski definition) is 1. The highest BCUT2D eigenvalue weighted by Gasteiger charge is 2.38. The van der Waals surface area contributed by atoms with Gasteiger partial charge in [-0.2, -0.15) is 13.2 Å². The number of sulfonamides is 1. The van der Waals surface area contributed by atoms with Crippen molar-refractivity contribution in [2.24, 2.45) is 0 Å². The number of alkyl halides is 3. The number of nitrogens with one attached hydrogen (secondary N) is 1. The van der Waals surface area contributed by atoms with Crippen molar-refractivity contribution in [2.45, 2.75) is 17.6 Å². The molecule has 1 N–H and O–H groups in total. The lowest BCUT2D eigenvalue weighted by molar-refractivity contribution is -0.152. The van der Waals surface area contributed by atoms with E-state index in [1.54, 1.807) is 0 Å². The molecule has 0 aliphatic heterocycles. The molecule has 0 aliphatic rings. The maximum absolute atomic E-state index is 13.3. The van der Waals surface area contributed by atoms with Crippen molar-refractivity contribution in [1.82, 2.24) is 13.9 Å². The van der Waals surface area contributed by atoms with Gasteiger partial charge in [-0.05, 0) is 36.4 Å². The Kier molecular flexibility index (Phi) is 6.74. The van der Waals surface area contributed by atoms with Gasteiger partial charge >= 0.3 is 12.1 Å². The van der Waals surface area contributed by atoms with Gasteiger partial charge in [0.15, 0.2) is 6.61 Å². The number of amides is 1. The van der Waals surface area contributed by atoms with Gasteiger partial charge < -0.3 is 14.6 Å². The van der Waals surface area contributed by atoms with E-state index in [-0.39, 0.29) is 21.6 Å². The molecule has 33 heavy (non-hydrogen) atoms. The molecule has 9 nitrogen and oxygen atoms in total. The highest BCUT2D eigenvalue weighted by Crippen LogP contribution is 2.31. The average Bonchev–Trinajstić information content (AvgIpc) is 3.11. The predicted octanol–water partition coefficient (Wildman–Crippen LogP) is 2.49. The molecule has 0 saturated heterocycles. The molecule has 1 amide bonds. The molecular weight excluding hydrogens is 465 g/mol. The van der Waals surface area contributed by atoms with Crippen LogP contribution in [0.25, 0.3) is 11.0 Å². The van der Waals surface area contributed by atoms with Crippen LogP contribution >= 0.6 is 0 Å². The number of carbonyl (C=O) groups excluding carboxylic acids is 2. The number of fused-ring (bicyclic) bond motifs is 1. The number of aromatic nitrogens is 2. The predicted molar refractivity (Wildman–Crippen MR) is 112 cm³/mol. The fraction of sp³-hybridized carbons (Fsp3) is 0.250. The van der Waals surface area contributed by atoms with Crippen LogP contribution in [-0.4, -0.2) is 54.9 Å². The number of halogens is 3. The summed E-state index contributed by atoms with van der Waals surface area (Å²) >= 11 is 0. The zero-order chi connectivity index (χ0) is 24.4. The number of ether oxygens (including phenoxy) is 1. The van der Waals surface area contributed by atoms with Gasteiger partial charge in [-0.25, -0.2) is 17.7 Å². The smallest absolute Gasteiger partial charge is 0.449 e. The number of benzene rings is 2. The third-order valence-corrected chi connectivity index (χ3v) is 6.31. The SMILES string of the molecule is CN(C)S(=O)(=O)c1ccc(NC(=O)COC(=O)Cn2c(C(F)(F)F)nc3ccccc32)cc1. The molecule has 13 heteroatoms. The number of carbonyl (C=O) groups is 2. The summed E-state index contributed by atoms with van der Waals surface area (Å²) in [5, 5.41) is 2.41. The van der Waals surface area contributed by atoms with Gasteiger partial charge in [0.2, 0.25) is 15.8 Å². The molecule has 3 rings (SSSR count). The molecule has 2 aromatic carbocycles. The largest absolute Gasteiger partial charge is 0.454 e. The molecule has 0 bridgehead atoms. The van der Waals surface area contributed by atoms with E-state index >= 15 is 0 Å². The maximum Gasteiger partial charge on any atom is 0.449 e. The van der Waals surface area contributed by atoms with Crippen LogP contribution in [-0.2, 0) is 37.1 Å². The first-order chi connectivity index (χ1) is 15.4. The minimum atomic E-state index is -4.79. The summed E-state index contributed by atoms with van der Waals surface area (Å²) in [6.45, 7) is -1.54. The standard InChI is InChI=1S/C20H19F3N4O5S/c1-26(2)33(30,31)14-9-7-13(8-10-14)24-17(28)12-32-18(29)11-27-16-6-4-3-5-15(16)25-19(27)20(21,22)23/h3-10H,11-12H2,1-2H3,(H,24,28). The lowest BCUT2D eigenvalue weighted by Crippen LogP contribution is -2.25. The number of para-hydroxylation sites is 2. The molecule has 176 valence electrons. The highest BCUT2D eigenvalue weighted by molar-refractivity contribution is 7.89. The Bertz CT molecular complexity index is 1290. The van der Waals surface area contributed by atoms with Gasteiger partial charge in [0.1, 0.15) is 6.54 Å². The van der Waals surface area contributed by atoms with Gasteiger partial charge in [-0.15, -0.1) is 0 Å². The first kappa shape index (κ1) is 24.2. The fourth-order valence-electron chi connectivity index (χ4n) is 2.89. The second kappa shape index (κ2) is 9.19. The number of anilines is 1. The summed E-state index contributed by atoms with van der Waals surface area (Å²) in [7, 11) is -0.877. The third-order valence-electron chi connectivity index (χ3n) is 4.48. The Hall–Kier alpha value is -3.45. The first-order valence-corrected chi connectivity index (χ1v) is 10.8. The van der Waals surface area contributed by atoms with Crippen molar-refractivity contribution in [1.29, 1.82) is 0 Å². The van der Waals surface area contributed by atoms with E-state index in [4.69, 9.17) is 4.74 Å². The number of esters is 1. The Labute approximate surface area is 186 Å². The molecular formula is C20H19F3N4O5S. The molecule has 0 fully saturated rings. The van der Waals surface area contributed by atoms with E-state index in [1.807, 2.05) is 0 Å². The molecule has 0 saturated carbocycles. The monoisotopic (exact) mass is 484 g/mol. The Morgan fingerprint density at radius 1 is 1.09 bits per heavy atom. The summed E-state index contributed by atoms with van der Waals surface area (Å²) in [5.41, 5.74) is 0.405. The normalized spacial score (nSPS) is 12.2. The maximum atomic E-state index is 13.3. The van der Waals surface area contributed by atoms with E-state index in [0.717, 1.165) is 4.31 Å². The molecule has 0 aliphatic carbocycles. The third kappa shape index (κ3) is 5.49. The first-order valence-electron chi connectivity index (χ1n) is 9.40. The van der Waals surface area contributed by atoms with E-state index in [1.165, 1.54) is 62.6 Å².